The molecule has 0 aliphatic carbocycles. The molecular formula is C20H16F6N4O3. The number of methoxy groups -OCH3 is 1. The van der Waals surface area contributed by atoms with Crippen LogP contribution in [-0.4, -0.2) is 39.5 Å². The molecule has 13 heteroatoms. The lowest BCUT2D eigenvalue weighted by atomic mass is 9.92. The van der Waals surface area contributed by atoms with Crippen LogP contribution >= 0.6 is 0 Å². The van der Waals surface area contributed by atoms with E-state index in [1.165, 1.54) is 7.11 Å². The van der Waals surface area contributed by atoms with Crippen molar-refractivity contribution in [3.8, 4) is 17.8 Å². The number of alkyl halides is 6. The second kappa shape index (κ2) is 8.73. The van der Waals surface area contributed by atoms with E-state index in [1.807, 2.05) is 13.0 Å². The second-order valence-electron chi connectivity index (χ2n) is 6.76. The van der Waals surface area contributed by atoms with Crippen molar-refractivity contribution < 1.29 is 40.9 Å². The van der Waals surface area contributed by atoms with Crippen LogP contribution in [0.1, 0.15) is 11.1 Å². The Morgan fingerprint density at radius 3 is 2.00 bits per heavy atom. The van der Waals surface area contributed by atoms with E-state index in [-0.39, 0.29) is 23.7 Å². The molecule has 0 saturated heterocycles. The number of hydrogen-bond donors (Lipinski definition) is 2. The van der Waals surface area contributed by atoms with Crippen LogP contribution in [0, 0.1) is 6.92 Å². The summed E-state index contributed by atoms with van der Waals surface area (Å²) < 4.78 is 88.7. The van der Waals surface area contributed by atoms with Gasteiger partial charge >= 0.3 is 24.4 Å². The second-order valence-corrected chi connectivity index (χ2v) is 6.76. The third-order valence-corrected chi connectivity index (χ3v) is 4.35. The van der Waals surface area contributed by atoms with Crippen molar-refractivity contribution in [1.29, 1.82) is 0 Å². The summed E-state index contributed by atoms with van der Waals surface area (Å²) in [5.74, 6) is 0.260. The van der Waals surface area contributed by atoms with E-state index in [0.717, 1.165) is 17.7 Å². The van der Waals surface area contributed by atoms with Gasteiger partial charge in [-0.3, -0.25) is 0 Å². The highest BCUT2D eigenvalue weighted by molar-refractivity contribution is 5.54. The first-order valence-electron chi connectivity index (χ1n) is 9.11. The Bertz CT molecular complexity index is 1110. The molecule has 0 aliphatic rings. The molecule has 0 spiro atoms. The average molecular weight is 474 g/mol. The van der Waals surface area contributed by atoms with Crippen LogP contribution in [0.2, 0.25) is 0 Å². The molecule has 0 unspecified atom stereocenters. The van der Waals surface area contributed by atoms with Gasteiger partial charge in [-0.2, -0.15) is 36.3 Å². The van der Waals surface area contributed by atoms with E-state index in [0.29, 0.717) is 17.9 Å². The van der Waals surface area contributed by atoms with Crippen LogP contribution in [0.25, 0.3) is 0 Å². The number of ether oxygens (including phenoxy) is 2. The van der Waals surface area contributed by atoms with Gasteiger partial charge in [0.25, 0.3) is 5.60 Å². The van der Waals surface area contributed by atoms with E-state index in [2.05, 4.69) is 20.3 Å². The molecule has 2 aromatic carbocycles. The zero-order valence-corrected chi connectivity index (χ0v) is 17.0. The summed E-state index contributed by atoms with van der Waals surface area (Å²) in [6.45, 7) is 1.84. The fourth-order valence-electron chi connectivity index (χ4n) is 2.73. The molecule has 176 valence electrons. The third-order valence-electron chi connectivity index (χ3n) is 4.35. The summed E-state index contributed by atoms with van der Waals surface area (Å²) in [6, 6.07) is 9.40. The molecule has 0 radical (unpaired) electrons. The predicted octanol–water partition coefficient (Wildman–Crippen LogP) is 5.04. The first-order valence-corrected chi connectivity index (χ1v) is 9.11. The monoisotopic (exact) mass is 474 g/mol. The van der Waals surface area contributed by atoms with E-state index in [1.54, 1.807) is 18.2 Å². The largest absolute Gasteiger partial charge is 0.467 e. The van der Waals surface area contributed by atoms with Crippen molar-refractivity contribution in [2.45, 2.75) is 24.9 Å². The van der Waals surface area contributed by atoms with Gasteiger partial charge in [-0.1, -0.05) is 24.3 Å². The number of halogens is 6. The summed E-state index contributed by atoms with van der Waals surface area (Å²) in [5, 5.41) is 12.1. The molecule has 3 rings (SSSR count). The smallest absolute Gasteiger partial charge is 0.430 e. The Morgan fingerprint density at radius 1 is 0.848 bits per heavy atom. The van der Waals surface area contributed by atoms with Crippen LogP contribution in [0.3, 0.4) is 0 Å². The molecule has 3 aromatic rings. The van der Waals surface area contributed by atoms with E-state index >= 15 is 0 Å². The average Bonchev–Trinajstić information content (AvgIpc) is 2.72. The fraction of sp³-hybridized carbons (Fsp3) is 0.250. The highest BCUT2D eigenvalue weighted by Gasteiger charge is 2.71. The molecule has 33 heavy (non-hydrogen) atoms. The number of hydrogen-bond acceptors (Lipinski definition) is 7. The van der Waals surface area contributed by atoms with Gasteiger partial charge < -0.3 is 19.9 Å². The minimum absolute atomic E-state index is 0.0280. The van der Waals surface area contributed by atoms with Gasteiger partial charge in [0.15, 0.2) is 0 Å². The summed E-state index contributed by atoms with van der Waals surface area (Å²) in [7, 11) is 1.28. The Balaban J connectivity index is 1.88. The maximum absolute atomic E-state index is 13.0. The van der Waals surface area contributed by atoms with Gasteiger partial charge in [0.05, 0.1) is 7.11 Å². The maximum Gasteiger partial charge on any atom is 0.430 e. The number of nitrogens with one attached hydrogen (secondary N) is 1. The summed E-state index contributed by atoms with van der Waals surface area (Å²) >= 11 is 0. The topological polar surface area (TPSA) is 89.4 Å². The fourth-order valence-corrected chi connectivity index (χ4v) is 2.73. The molecule has 0 amide bonds. The van der Waals surface area contributed by atoms with Crippen LogP contribution in [0.15, 0.2) is 48.5 Å². The van der Waals surface area contributed by atoms with E-state index < -0.39 is 23.5 Å². The van der Waals surface area contributed by atoms with Crippen molar-refractivity contribution in [3.05, 3.63) is 59.7 Å². The SMILES string of the molecule is COc1nc(Nc2ccc(C(O)(C(F)(F)F)C(F)(F)F)cc2)nc(Oc2cccc(C)c2)n1. The Labute approximate surface area is 183 Å². The zero-order valence-electron chi connectivity index (χ0n) is 17.0. The summed E-state index contributed by atoms with van der Waals surface area (Å²) in [6.07, 6.45) is -12.0. The number of rotatable bonds is 6. The quantitative estimate of drug-likeness (QED) is 0.484. The van der Waals surface area contributed by atoms with Crippen molar-refractivity contribution >= 4 is 11.6 Å². The molecular weight excluding hydrogens is 458 g/mol. The third kappa shape index (κ3) is 5.08. The first kappa shape index (κ1) is 24.0. The van der Waals surface area contributed by atoms with Crippen molar-refractivity contribution in [1.82, 2.24) is 15.0 Å². The minimum atomic E-state index is -5.98. The lowest BCUT2D eigenvalue weighted by Crippen LogP contribution is -2.53. The summed E-state index contributed by atoms with van der Waals surface area (Å²) in [5.41, 5.74) is -5.49. The number of aliphatic hydroxyl groups is 1. The Hall–Kier alpha value is -3.61. The van der Waals surface area contributed by atoms with Crippen molar-refractivity contribution in [2.24, 2.45) is 0 Å². The maximum atomic E-state index is 13.0. The highest BCUT2D eigenvalue weighted by Crippen LogP contribution is 2.50. The number of benzene rings is 2. The van der Waals surface area contributed by atoms with Gasteiger partial charge in [-0.25, -0.2) is 0 Å². The lowest BCUT2D eigenvalue weighted by molar-refractivity contribution is -0.376. The molecule has 2 N–H and O–H groups in total. The molecule has 1 heterocycles. The Morgan fingerprint density at radius 2 is 1.45 bits per heavy atom. The first-order chi connectivity index (χ1) is 15.3. The lowest BCUT2D eigenvalue weighted by Gasteiger charge is -2.32. The normalized spacial score (nSPS) is 12.4. The number of aryl methyl sites for hydroxylation is 1. The van der Waals surface area contributed by atoms with Crippen LogP contribution in [0.5, 0.6) is 17.8 Å². The van der Waals surface area contributed by atoms with Gasteiger partial charge in [-0.15, -0.1) is 4.98 Å². The molecule has 0 bridgehead atoms. The van der Waals surface area contributed by atoms with Crippen molar-refractivity contribution in [3.63, 3.8) is 0 Å². The van der Waals surface area contributed by atoms with Crippen LogP contribution in [-0.2, 0) is 5.60 Å². The molecule has 0 atom stereocenters. The predicted molar refractivity (Wildman–Crippen MR) is 103 cm³/mol. The highest BCUT2D eigenvalue weighted by atomic mass is 19.4. The van der Waals surface area contributed by atoms with Gasteiger partial charge in [-0.05, 0) is 36.8 Å². The molecule has 7 nitrogen and oxygen atoms in total. The van der Waals surface area contributed by atoms with E-state index in [9.17, 15) is 31.4 Å². The number of nitrogens with zero attached hydrogens (tertiary/aromatic N) is 3. The molecule has 0 aliphatic heterocycles. The van der Waals surface area contributed by atoms with Crippen LogP contribution < -0.4 is 14.8 Å². The van der Waals surface area contributed by atoms with Gasteiger partial charge in [0.2, 0.25) is 5.95 Å². The molecule has 0 saturated carbocycles. The summed E-state index contributed by atoms with van der Waals surface area (Å²) in [4.78, 5) is 11.8. The molecule has 1 aromatic heterocycles. The minimum Gasteiger partial charge on any atom is -0.467 e. The standard InChI is InChI=1S/C20H16F6N4O3/c1-11-4-3-5-14(10-11)33-17-29-15(28-16(30-17)32-2)27-13-8-6-12(7-9-13)18(31,19(21,22)23)20(24,25)26/h3-10,31H,1-2H3,(H,27,28,29,30). The number of aromatic nitrogens is 3. The van der Waals surface area contributed by atoms with Gasteiger partial charge in [0.1, 0.15) is 5.75 Å². The zero-order chi connectivity index (χ0) is 24.4. The van der Waals surface area contributed by atoms with Crippen LogP contribution in [0.4, 0.5) is 38.0 Å². The Kier molecular flexibility index (Phi) is 6.36. The van der Waals surface area contributed by atoms with E-state index in [4.69, 9.17) is 9.47 Å². The van der Waals surface area contributed by atoms with Crippen molar-refractivity contribution in [2.75, 3.05) is 12.4 Å². The molecule has 0 fully saturated rings. The number of anilines is 2. The van der Waals surface area contributed by atoms with Gasteiger partial charge in [0, 0.05) is 11.3 Å².